The number of hydrogen-bond acceptors (Lipinski definition) is 5. The molecule has 0 bridgehead atoms. The van der Waals surface area contributed by atoms with Crippen LogP contribution in [0.5, 0.6) is 0 Å². The quantitative estimate of drug-likeness (QED) is 0.576. The number of amides is 1. The molecular weight excluding hydrogens is 394 g/mol. The molecule has 3 rings (SSSR count). The molecule has 0 saturated carbocycles. The first-order chi connectivity index (χ1) is 15.0. The molecule has 0 unspecified atom stereocenters. The highest BCUT2D eigenvalue weighted by Crippen LogP contribution is 2.29. The van der Waals surface area contributed by atoms with Crippen LogP contribution >= 0.6 is 0 Å². The monoisotopic (exact) mass is 417 g/mol. The molecule has 0 aromatic heterocycles. The van der Waals surface area contributed by atoms with E-state index >= 15 is 0 Å². The van der Waals surface area contributed by atoms with Gasteiger partial charge in [0, 0.05) is 12.3 Å². The zero-order valence-electron chi connectivity index (χ0n) is 17.3. The summed E-state index contributed by atoms with van der Waals surface area (Å²) >= 11 is 0. The molecule has 0 spiro atoms. The molecule has 1 N–H and O–H groups in total. The third kappa shape index (κ3) is 5.36. The van der Waals surface area contributed by atoms with Crippen LogP contribution in [-0.2, 0) is 14.3 Å². The summed E-state index contributed by atoms with van der Waals surface area (Å²) in [5, 5.41) is 2.77. The maximum absolute atomic E-state index is 13.0. The minimum atomic E-state index is -0.616. The Kier molecular flexibility index (Phi) is 7.17. The molecule has 1 amide bonds. The fraction of sp³-hybridized carbons (Fsp3) is 0.160. The highest BCUT2D eigenvalue weighted by molar-refractivity contribution is 6.03. The van der Waals surface area contributed by atoms with Crippen LogP contribution in [0.15, 0.2) is 78.9 Å². The van der Waals surface area contributed by atoms with E-state index in [1.54, 1.807) is 0 Å². The van der Waals surface area contributed by atoms with Crippen LogP contribution < -0.4 is 5.32 Å². The van der Waals surface area contributed by atoms with Gasteiger partial charge in [0.05, 0.1) is 31.0 Å². The number of benzene rings is 3. The Morgan fingerprint density at radius 3 is 1.84 bits per heavy atom. The number of nitrogens with one attached hydrogen (secondary N) is 1. The van der Waals surface area contributed by atoms with Gasteiger partial charge in [-0.1, -0.05) is 60.7 Å². The van der Waals surface area contributed by atoms with Crippen molar-refractivity contribution in [2.75, 3.05) is 19.5 Å². The van der Waals surface area contributed by atoms with Crippen molar-refractivity contribution >= 4 is 23.5 Å². The lowest BCUT2D eigenvalue weighted by Gasteiger charge is -2.18. The van der Waals surface area contributed by atoms with Crippen molar-refractivity contribution in [3.05, 3.63) is 101 Å². The Balaban J connectivity index is 1.90. The lowest BCUT2D eigenvalue weighted by atomic mass is 9.88. The Morgan fingerprint density at radius 2 is 1.32 bits per heavy atom. The summed E-state index contributed by atoms with van der Waals surface area (Å²) in [6.45, 7) is 0. The summed E-state index contributed by atoms with van der Waals surface area (Å²) in [5.74, 6) is -1.66. The normalized spacial score (nSPS) is 10.4. The van der Waals surface area contributed by atoms with Crippen LogP contribution in [0.25, 0.3) is 0 Å². The topological polar surface area (TPSA) is 81.7 Å². The number of anilines is 1. The van der Waals surface area contributed by atoms with Gasteiger partial charge in [-0.3, -0.25) is 4.79 Å². The molecule has 31 heavy (non-hydrogen) atoms. The summed E-state index contributed by atoms with van der Waals surface area (Å²) in [6, 6.07) is 23.8. The fourth-order valence-electron chi connectivity index (χ4n) is 3.37. The molecule has 3 aromatic carbocycles. The van der Waals surface area contributed by atoms with Crippen LogP contribution in [0.1, 0.15) is 44.2 Å². The predicted octanol–water partition coefficient (Wildman–Crippen LogP) is 4.42. The van der Waals surface area contributed by atoms with Crippen molar-refractivity contribution in [2.24, 2.45) is 0 Å². The highest BCUT2D eigenvalue weighted by Gasteiger charge is 2.21. The van der Waals surface area contributed by atoms with E-state index in [0.29, 0.717) is 0 Å². The van der Waals surface area contributed by atoms with Crippen molar-refractivity contribution in [2.45, 2.75) is 12.3 Å². The van der Waals surface area contributed by atoms with Crippen LogP contribution in [-0.4, -0.2) is 32.1 Å². The van der Waals surface area contributed by atoms with Gasteiger partial charge in [-0.25, -0.2) is 9.59 Å². The van der Waals surface area contributed by atoms with E-state index in [0.717, 1.165) is 11.1 Å². The average molecular weight is 417 g/mol. The number of rotatable bonds is 7. The summed E-state index contributed by atoms with van der Waals surface area (Å²) in [5.41, 5.74) is 2.56. The van der Waals surface area contributed by atoms with Gasteiger partial charge in [-0.2, -0.15) is 0 Å². The molecule has 6 heteroatoms. The van der Waals surface area contributed by atoms with E-state index in [1.807, 2.05) is 60.7 Å². The second kappa shape index (κ2) is 10.2. The maximum Gasteiger partial charge on any atom is 0.339 e. The first kappa shape index (κ1) is 21.8. The van der Waals surface area contributed by atoms with E-state index in [1.165, 1.54) is 32.4 Å². The molecule has 3 aromatic rings. The molecule has 0 saturated heterocycles. The van der Waals surface area contributed by atoms with Gasteiger partial charge < -0.3 is 14.8 Å². The number of carbonyl (C=O) groups is 3. The Morgan fingerprint density at radius 1 is 0.774 bits per heavy atom. The van der Waals surface area contributed by atoms with Crippen molar-refractivity contribution in [3.8, 4) is 0 Å². The molecule has 0 aliphatic carbocycles. The molecule has 0 heterocycles. The van der Waals surface area contributed by atoms with E-state index < -0.39 is 11.9 Å². The molecule has 0 aliphatic rings. The van der Waals surface area contributed by atoms with Gasteiger partial charge in [0.1, 0.15) is 0 Å². The first-order valence-electron chi connectivity index (χ1n) is 9.74. The minimum absolute atomic E-state index is 0.150. The zero-order chi connectivity index (χ0) is 22.2. The van der Waals surface area contributed by atoms with E-state index in [2.05, 4.69) is 5.32 Å². The van der Waals surface area contributed by atoms with E-state index in [9.17, 15) is 14.4 Å². The molecule has 6 nitrogen and oxygen atoms in total. The Bertz CT molecular complexity index is 1020. The van der Waals surface area contributed by atoms with Crippen LogP contribution in [0.3, 0.4) is 0 Å². The van der Waals surface area contributed by atoms with E-state index in [4.69, 9.17) is 9.47 Å². The lowest BCUT2D eigenvalue weighted by Crippen LogP contribution is -2.19. The van der Waals surface area contributed by atoms with Gasteiger partial charge in [-0.05, 0) is 29.3 Å². The zero-order valence-corrected chi connectivity index (χ0v) is 17.3. The van der Waals surface area contributed by atoms with Crippen LogP contribution in [0, 0.1) is 0 Å². The number of methoxy groups -OCH3 is 2. The van der Waals surface area contributed by atoms with Gasteiger partial charge in [0.25, 0.3) is 0 Å². The third-order valence-electron chi connectivity index (χ3n) is 4.91. The van der Waals surface area contributed by atoms with Gasteiger partial charge in [0.15, 0.2) is 0 Å². The Labute approximate surface area is 180 Å². The first-order valence-corrected chi connectivity index (χ1v) is 9.74. The predicted molar refractivity (Wildman–Crippen MR) is 117 cm³/mol. The molecule has 0 fully saturated rings. The summed E-state index contributed by atoms with van der Waals surface area (Å²) in [6.07, 6.45) is 0.150. The molecule has 0 atom stereocenters. The number of ether oxygens (including phenoxy) is 2. The molecule has 0 radical (unpaired) electrons. The largest absolute Gasteiger partial charge is 0.465 e. The van der Waals surface area contributed by atoms with Crippen LogP contribution in [0.2, 0.25) is 0 Å². The summed E-state index contributed by atoms with van der Waals surface area (Å²) < 4.78 is 9.53. The smallest absolute Gasteiger partial charge is 0.339 e. The maximum atomic E-state index is 13.0. The summed E-state index contributed by atoms with van der Waals surface area (Å²) in [7, 11) is 2.52. The number of carbonyl (C=O) groups excluding carboxylic acids is 3. The standard InChI is InChI=1S/C25H23NO5/c1-30-24(28)19-13-14-20(25(29)31-2)22(15-19)26-23(27)16-21(17-9-5-3-6-10-17)18-11-7-4-8-12-18/h3-15,21H,16H2,1-2H3,(H,26,27). The van der Waals surface area contributed by atoms with Gasteiger partial charge >= 0.3 is 11.9 Å². The molecule has 0 aliphatic heterocycles. The number of hydrogen-bond donors (Lipinski definition) is 1. The van der Waals surface area contributed by atoms with Crippen LogP contribution in [0.4, 0.5) is 5.69 Å². The second-order valence-electron chi connectivity index (χ2n) is 6.87. The highest BCUT2D eigenvalue weighted by atomic mass is 16.5. The average Bonchev–Trinajstić information content (AvgIpc) is 2.82. The van der Waals surface area contributed by atoms with Crippen molar-refractivity contribution in [1.29, 1.82) is 0 Å². The molecule has 158 valence electrons. The number of esters is 2. The van der Waals surface area contributed by atoms with Crippen molar-refractivity contribution < 1.29 is 23.9 Å². The fourth-order valence-corrected chi connectivity index (χ4v) is 3.37. The summed E-state index contributed by atoms with van der Waals surface area (Å²) in [4.78, 5) is 37.0. The SMILES string of the molecule is COC(=O)c1ccc(C(=O)OC)c(NC(=O)CC(c2ccccc2)c2ccccc2)c1. The van der Waals surface area contributed by atoms with E-state index in [-0.39, 0.29) is 35.1 Å². The van der Waals surface area contributed by atoms with Crippen molar-refractivity contribution in [1.82, 2.24) is 0 Å². The third-order valence-corrected chi connectivity index (χ3v) is 4.91. The Hall–Kier alpha value is -3.93. The van der Waals surface area contributed by atoms with Gasteiger partial charge in [0.2, 0.25) is 5.91 Å². The van der Waals surface area contributed by atoms with Crippen molar-refractivity contribution in [3.63, 3.8) is 0 Å². The minimum Gasteiger partial charge on any atom is -0.465 e. The lowest BCUT2D eigenvalue weighted by molar-refractivity contribution is -0.116. The second-order valence-corrected chi connectivity index (χ2v) is 6.87. The molecular formula is C25H23NO5. The van der Waals surface area contributed by atoms with Gasteiger partial charge in [-0.15, -0.1) is 0 Å².